The maximum absolute atomic E-state index is 13.0. The van der Waals surface area contributed by atoms with Crippen LogP contribution in [-0.4, -0.2) is 45.3 Å². The molecule has 0 unspecified atom stereocenters. The van der Waals surface area contributed by atoms with Crippen molar-refractivity contribution in [2.24, 2.45) is 0 Å². The first-order chi connectivity index (χ1) is 8.58. The fraction of sp³-hybridized carbons (Fsp3) is 0.538. The van der Waals surface area contributed by atoms with Crippen LogP contribution in [0.2, 0.25) is 5.02 Å². The molecule has 3 nitrogen and oxygen atoms in total. The summed E-state index contributed by atoms with van der Waals surface area (Å²) in [4.78, 5) is 2.07. The predicted octanol–water partition coefficient (Wildman–Crippen LogP) is 2.15. The van der Waals surface area contributed by atoms with Crippen molar-refractivity contribution in [3.63, 3.8) is 0 Å². The molecule has 0 bridgehead atoms. The van der Waals surface area contributed by atoms with Crippen molar-refractivity contribution in [1.29, 1.82) is 0 Å². The molecule has 0 amide bonds. The smallest absolute Gasteiger partial charge is 0.125 e. The molecule has 1 N–H and O–H groups in total. The van der Waals surface area contributed by atoms with Crippen LogP contribution < -0.4 is 5.32 Å². The van der Waals surface area contributed by atoms with Crippen LogP contribution in [0.25, 0.3) is 0 Å². The van der Waals surface area contributed by atoms with Gasteiger partial charge in [0.25, 0.3) is 0 Å². The number of nitrogens with one attached hydrogen (secondary N) is 1. The highest BCUT2D eigenvalue weighted by Crippen LogP contribution is 2.13. The van der Waals surface area contributed by atoms with Gasteiger partial charge in [0.05, 0.1) is 13.2 Å². The average molecular weight is 275 g/mol. The Morgan fingerprint density at radius 2 is 2.06 bits per heavy atom. The maximum atomic E-state index is 13.0. The number of hydrogen-bond acceptors (Lipinski definition) is 3. The molecule has 0 fully saturated rings. The van der Waals surface area contributed by atoms with E-state index in [-0.39, 0.29) is 5.82 Å². The summed E-state index contributed by atoms with van der Waals surface area (Å²) in [6.45, 7) is 3.62. The van der Waals surface area contributed by atoms with E-state index in [1.165, 1.54) is 12.1 Å². The zero-order chi connectivity index (χ0) is 13.4. The second-order valence-corrected chi connectivity index (χ2v) is 4.81. The zero-order valence-corrected chi connectivity index (χ0v) is 11.6. The second-order valence-electron chi connectivity index (χ2n) is 4.37. The molecule has 0 saturated carbocycles. The molecule has 0 radical (unpaired) electrons. The van der Waals surface area contributed by atoms with Crippen LogP contribution >= 0.6 is 11.6 Å². The fourth-order valence-electron chi connectivity index (χ4n) is 1.44. The summed E-state index contributed by atoms with van der Waals surface area (Å²) in [7, 11) is 4.02. The summed E-state index contributed by atoms with van der Waals surface area (Å²) in [5.41, 5.74) is 0.841. The van der Waals surface area contributed by atoms with Crippen LogP contribution in [-0.2, 0) is 11.3 Å². The first-order valence-electron chi connectivity index (χ1n) is 5.96. The van der Waals surface area contributed by atoms with Crippen molar-refractivity contribution < 1.29 is 9.13 Å². The molecule has 1 aromatic carbocycles. The van der Waals surface area contributed by atoms with E-state index in [4.69, 9.17) is 16.3 Å². The summed E-state index contributed by atoms with van der Waals surface area (Å²) in [5, 5.41) is 3.61. The maximum Gasteiger partial charge on any atom is 0.125 e. The van der Waals surface area contributed by atoms with Gasteiger partial charge in [0.2, 0.25) is 0 Å². The molecule has 0 aliphatic carbocycles. The Labute approximate surface area is 113 Å². The first-order valence-corrected chi connectivity index (χ1v) is 6.34. The molecule has 0 heterocycles. The third-order valence-electron chi connectivity index (χ3n) is 2.36. The molecule has 0 aliphatic heterocycles. The predicted molar refractivity (Wildman–Crippen MR) is 72.5 cm³/mol. The van der Waals surface area contributed by atoms with Crippen LogP contribution in [0, 0.1) is 5.82 Å². The van der Waals surface area contributed by atoms with Gasteiger partial charge in [0.1, 0.15) is 5.82 Å². The van der Waals surface area contributed by atoms with E-state index < -0.39 is 0 Å². The first kappa shape index (κ1) is 15.4. The van der Waals surface area contributed by atoms with Gasteiger partial charge in [0, 0.05) is 24.7 Å². The highest BCUT2D eigenvalue weighted by Gasteiger charge is 1.99. The Morgan fingerprint density at radius 3 is 2.72 bits per heavy atom. The monoisotopic (exact) mass is 274 g/mol. The Morgan fingerprint density at radius 1 is 1.28 bits per heavy atom. The average Bonchev–Trinajstić information content (AvgIpc) is 2.26. The molecule has 18 heavy (non-hydrogen) atoms. The molecular weight excluding hydrogens is 255 g/mol. The lowest BCUT2D eigenvalue weighted by atomic mass is 10.2. The molecule has 0 spiro atoms. The minimum atomic E-state index is -0.304. The number of benzene rings is 1. The van der Waals surface area contributed by atoms with Crippen LogP contribution in [0.5, 0.6) is 0 Å². The van der Waals surface area contributed by atoms with E-state index in [0.29, 0.717) is 18.2 Å². The molecule has 0 atom stereocenters. The number of ether oxygens (including phenoxy) is 1. The van der Waals surface area contributed by atoms with Crippen molar-refractivity contribution >= 4 is 11.6 Å². The zero-order valence-electron chi connectivity index (χ0n) is 10.9. The van der Waals surface area contributed by atoms with Gasteiger partial charge in [-0.15, -0.1) is 0 Å². The highest BCUT2D eigenvalue weighted by molar-refractivity contribution is 6.30. The van der Waals surface area contributed by atoms with Crippen LogP contribution in [0.3, 0.4) is 0 Å². The lowest BCUT2D eigenvalue weighted by Gasteiger charge is -2.10. The van der Waals surface area contributed by atoms with E-state index in [9.17, 15) is 4.39 Å². The standard InChI is InChI=1S/C13H20ClFN2O/c1-17(2)4-6-18-5-3-16-10-11-7-12(14)9-13(15)8-11/h7-9,16H,3-6,10H2,1-2H3. The normalized spacial score (nSPS) is 11.2. The second kappa shape index (κ2) is 8.43. The lowest BCUT2D eigenvalue weighted by Crippen LogP contribution is -2.23. The molecule has 1 rings (SSSR count). The Bertz CT molecular complexity index is 341. The Hall–Kier alpha value is -0.680. The van der Waals surface area contributed by atoms with Gasteiger partial charge in [-0.25, -0.2) is 4.39 Å². The molecule has 0 saturated heterocycles. The number of hydrogen-bond donors (Lipinski definition) is 1. The van der Waals surface area contributed by atoms with E-state index in [2.05, 4.69) is 10.2 Å². The van der Waals surface area contributed by atoms with Crippen LogP contribution in [0.15, 0.2) is 18.2 Å². The summed E-state index contributed by atoms with van der Waals surface area (Å²) in [5.74, 6) is -0.304. The molecule has 0 aromatic heterocycles. The number of nitrogens with zero attached hydrogens (tertiary/aromatic N) is 1. The van der Waals surface area contributed by atoms with E-state index in [1.54, 1.807) is 6.07 Å². The summed E-state index contributed by atoms with van der Waals surface area (Å²) in [6.07, 6.45) is 0. The fourth-order valence-corrected chi connectivity index (χ4v) is 1.68. The summed E-state index contributed by atoms with van der Waals surface area (Å²) in [6, 6.07) is 4.53. The van der Waals surface area contributed by atoms with Gasteiger partial charge < -0.3 is 15.0 Å². The quantitative estimate of drug-likeness (QED) is 0.735. The van der Waals surface area contributed by atoms with Crippen LogP contribution in [0.4, 0.5) is 4.39 Å². The van der Waals surface area contributed by atoms with Gasteiger partial charge >= 0.3 is 0 Å². The van der Waals surface area contributed by atoms with Crippen molar-refractivity contribution in [3.05, 3.63) is 34.6 Å². The minimum absolute atomic E-state index is 0.304. The largest absolute Gasteiger partial charge is 0.379 e. The van der Waals surface area contributed by atoms with E-state index in [0.717, 1.165) is 25.3 Å². The van der Waals surface area contributed by atoms with Crippen LogP contribution in [0.1, 0.15) is 5.56 Å². The third-order valence-corrected chi connectivity index (χ3v) is 2.58. The molecule has 0 aliphatic rings. The SMILES string of the molecule is CN(C)CCOCCNCc1cc(F)cc(Cl)c1. The molecule has 1 aromatic rings. The van der Waals surface area contributed by atoms with Crippen molar-refractivity contribution in [2.45, 2.75) is 6.54 Å². The minimum Gasteiger partial charge on any atom is -0.379 e. The van der Waals surface area contributed by atoms with Crippen molar-refractivity contribution in [1.82, 2.24) is 10.2 Å². The van der Waals surface area contributed by atoms with Gasteiger partial charge in [0.15, 0.2) is 0 Å². The summed E-state index contributed by atoms with van der Waals surface area (Å²) >= 11 is 5.76. The Kier molecular flexibility index (Phi) is 7.20. The Balaban J connectivity index is 2.10. The number of likely N-dealkylation sites (N-methyl/N-ethyl adjacent to an activating group) is 1. The van der Waals surface area contributed by atoms with Gasteiger partial charge in [-0.1, -0.05) is 11.6 Å². The lowest BCUT2D eigenvalue weighted by molar-refractivity contribution is 0.119. The van der Waals surface area contributed by atoms with Crippen molar-refractivity contribution in [2.75, 3.05) is 40.4 Å². The topological polar surface area (TPSA) is 24.5 Å². The van der Waals surface area contributed by atoms with E-state index in [1.807, 2.05) is 14.1 Å². The highest BCUT2D eigenvalue weighted by atomic mass is 35.5. The third kappa shape index (κ3) is 6.91. The van der Waals surface area contributed by atoms with E-state index >= 15 is 0 Å². The molecular formula is C13H20ClFN2O. The number of rotatable bonds is 8. The molecule has 102 valence electrons. The van der Waals surface area contributed by atoms with Gasteiger partial charge in [-0.05, 0) is 37.9 Å². The summed E-state index contributed by atoms with van der Waals surface area (Å²) < 4.78 is 18.5. The van der Waals surface area contributed by atoms with Crippen molar-refractivity contribution in [3.8, 4) is 0 Å². The van der Waals surface area contributed by atoms with Gasteiger partial charge in [-0.2, -0.15) is 0 Å². The van der Waals surface area contributed by atoms with Gasteiger partial charge in [-0.3, -0.25) is 0 Å². The molecule has 5 heteroatoms. The number of halogens is 2.